The van der Waals surface area contributed by atoms with Crippen LogP contribution in [0.4, 0.5) is 0 Å². The molecule has 1 aromatic rings. The van der Waals surface area contributed by atoms with E-state index in [4.69, 9.17) is 0 Å². The van der Waals surface area contributed by atoms with Crippen molar-refractivity contribution in [3.05, 3.63) is 18.2 Å². The van der Waals surface area contributed by atoms with Crippen molar-refractivity contribution in [1.29, 1.82) is 0 Å². The number of piperidine rings is 1. The second-order valence-corrected chi connectivity index (χ2v) is 6.87. The lowest BCUT2D eigenvalue weighted by Gasteiger charge is -2.36. The Bertz CT molecular complexity index is 382. The van der Waals surface area contributed by atoms with Gasteiger partial charge >= 0.3 is 0 Å². The molecular weight excluding hydrogens is 222 g/mol. The van der Waals surface area contributed by atoms with Crippen LogP contribution in [0.5, 0.6) is 0 Å². The number of hydrogen-bond donors (Lipinski definition) is 1. The first kappa shape index (κ1) is 12.2. The van der Waals surface area contributed by atoms with Crippen LogP contribution in [-0.2, 0) is 0 Å². The van der Waals surface area contributed by atoms with E-state index >= 15 is 0 Å². The first-order valence-electron chi connectivity index (χ1n) is 7.37. The highest BCUT2D eigenvalue weighted by atomic mass is 15.2. The van der Waals surface area contributed by atoms with Gasteiger partial charge in [-0.05, 0) is 44.1 Å². The highest BCUT2D eigenvalue weighted by Gasteiger charge is 2.36. The summed E-state index contributed by atoms with van der Waals surface area (Å²) in [5.41, 5.74) is 0.558. The summed E-state index contributed by atoms with van der Waals surface area (Å²) in [4.78, 5) is 10.5. The van der Waals surface area contributed by atoms with Gasteiger partial charge in [0.15, 0.2) is 0 Å². The summed E-state index contributed by atoms with van der Waals surface area (Å²) in [6, 6.07) is 0.817. The molecule has 0 spiro atoms. The molecule has 1 aromatic heterocycles. The quantitative estimate of drug-likeness (QED) is 0.870. The molecule has 1 saturated heterocycles. The number of imidazole rings is 1. The first-order chi connectivity index (χ1) is 8.64. The minimum atomic E-state index is 0.558. The lowest BCUT2D eigenvalue weighted by molar-refractivity contribution is 0.140. The van der Waals surface area contributed by atoms with Crippen molar-refractivity contribution in [2.24, 2.45) is 5.41 Å². The largest absolute Gasteiger partial charge is 0.348 e. The zero-order chi connectivity index (χ0) is 12.6. The molecule has 2 fully saturated rings. The van der Waals surface area contributed by atoms with Crippen LogP contribution in [0.3, 0.4) is 0 Å². The van der Waals surface area contributed by atoms with Crippen molar-refractivity contribution in [3.63, 3.8) is 0 Å². The molecule has 1 N–H and O–H groups in total. The van der Waals surface area contributed by atoms with E-state index in [2.05, 4.69) is 28.7 Å². The minimum Gasteiger partial charge on any atom is -0.348 e. The van der Waals surface area contributed by atoms with Gasteiger partial charge in [-0.1, -0.05) is 13.8 Å². The van der Waals surface area contributed by atoms with Gasteiger partial charge < -0.3 is 4.98 Å². The zero-order valence-corrected chi connectivity index (χ0v) is 11.7. The number of H-pyrrole nitrogens is 1. The normalized spacial score (nSPS) is 32.8. The molecule has 1 aliphatic carbocycles. The van der Waals surface area contributed by atoms with Crippen molar-refractivity contribution in [2.75, 3.05) is 13.1 Å². The van der Waals surface area contributed by atoms with E-state index in [1.807, 2.05) is 12.4 Å². The number of likely N-dealkylation sites (tertiary alicyclic amines) is 1. The number of hydrogen-bond acceptors (Lipinski definition) is 2. The summed E-state index contributed by atoms with van der Waals surface area (Å²) < 4.78 is 0. The average molecular weight is 247 g/mol. The zero-order valence-electron chi connectivity index (χ0n) is 11.7. The summed E-state index contributed by atoms with van der Waals surface area (Å²) >= 11 is 0. The van der Waals surface area contributed by atoms with Gasteiger partial charge in [0.05, 0.1) is 0 Å². The van der Waals surface area contributed by atoms with Crippen LogP contribution in [0.1, 0.15) is 57.7 Å². The molecule has 0 radical (unpaired) electrons. The van der Waals surface area contributed by atoms with Crippen molar-refractivity contribution in [1.82, 2.24) is 14.9 Å². The van der Waals surface area contributed by atoms with E-state index < -0.39 is 0 Å². The Kier molecular flexibility index (Phi) is 3.18. The van der Waals surface area contributed by atoms with Gasteiger partial charge in [-0.15, -0.1) is 0 Å². The number of aromatic nitrogens is 2. The molecule has 0 aromatic carbocycles. The standard InChI is InChI=1S/C15H25N3/c1-15(2)6-5-13(10-15)18-9-3-4-12(11-18)14-16-7-8-17-14/h7-8,12-13H,3-6,9-11H2,1-2H3,(H,16,17)/t12-,13+/m1/s1. The molecule has 2 aliphatic rings. The summed E-state index contributed by atoms with van der Waals surface area (Å²) in [5.74, 6) is 1.81. The van der Waals surface area contributed by atoms with Crippen LogP contribution < -0.4 is 0 Å². The molecule has 2 atom stereocenters. The highest BCUT2D eigenvalue weighted by Crippen LogP contribution is 2.41. The van der Waals surface area contributed by atoms with Crippen molar-refractivity contribution >= 4 is 0 Å². The van der Waals surface area contributed by atoms with Gasteiger partial charge in [0.1, 0.15) is 5.82 Å². The van der Waals surface area contributed by atoms with E-state index in [1.54, 1.807) is 0 Å². The smallest absolute Gasteiger partial charge is 0.110 e. The van der Waals surface area contributed by atoms with Gasteiger partial charge in [0, 0.05) is 30.9 Å². The fraction of sp³-hybridized carbons (Fsp3) is 0.800. The fourth-order valence-corrected chi connectivity index (χ4v) is 3.77. The maximum absolute atomic E-state index is 4.45. The second-order valence-electron chi connectivity index (χ2n) is 6.87. The van der Waals surface area contributed by atoms with Gasteiger partial charge in [-0.2, -0.15) is 0 Å². The van der Waals surface area contributed by atoms with Gasteiger partial charge in [0.2, 0.25) is 0 Å². The SMILES string of the molecule is CC1(C)CC[C@H](N2CCC[C@@H](c3ncc[nH]3)C2)C1. The topological polar surface area (TPSA) is 31.9 Å². The monoisotopic (exact) mass is 247 g/mol. The third-order valence-electron chi connectivity index (χ3n) is 4.82. The summed E-state index contributed by atoms with van der Waals surface area (Å²) in [6.45, 7) is 7.33. The van der Waals surface area contributed by atoms with Crippen LogP contribution in [-0.4, -0.2) is 34.0 Å². The van der Waals surface area contributed by atoms with Crippen LogP contribution >= 0.6 is 0 Å². The van der Waals surface area contributed by atoms with Crippen LogP contribution in [0.15, 0.2) is 12.4 Å². The maximum atomic E-state index is 4.45. The van der Waals surface area contributed by atoms with Crippen molar-refractivity contribution in [3.8, 4) is 0 Å². The maximum Gasteiger partial charge on any atom is 0.110 e. The Labute approximate surface area is 110 Å². The van der Waals surface area contributed by atoms with Crippen LogP contribution in [0.25, 0.3) is 0 Å². The third kappa shape index (κ3) is 2.46. The Morgan fingerprint density at radius 3 is 2.94 bits per heavy atom. The fourth-order valence-electron chi connectivity index (χ4n) is 3.77. The predicted molar refractivity (Wildman–Crippen MR) is 73.6 cm³/mol. The molecular formula is C15H25N3. The molecule has 100 valence electrons. The molecule has 1 saturated carbocycles. The summed E-state index contributed by atoms with van der Waals surface area (Å²) in [5, 5.41) is 0. The third-order valence-corrected chi connectivity index (χ3v) is 4.82. The molecule has 3 nitrogen and oxygen atoms in total. The first-order valence-corrected chi connectivity index (χ1v) is 7.37. The summed E-state index contributed by atoms with van der Waals surface area (Å²) in [6.07, 6.45) is 10.6. The van der Waals surface area contributed by atoms with Gasteiger partial charge in [-0.25, -0.2) is 4.98 Å². The van der Waals surface area contributed by atoms with Gasteiger partial charge in [0.25, 0.3) is 0 Å². The van der Waals surface area contributed by atoms with E-state index in [1.165, 1.54) is 51.0 Å². The highest BCUT2D eigenvalue weighted by molar-refractivity contribution is 5.01. The van der Waals surface area contributed by atoms with Crippen LogP contribution in [0.2, 0.25) is 0 Å². The van der Waals surface area contributed by atoms with Gasteiger partial charge in [-0.3, -0.25) is 4.90 Å². The second kappa shape index (κ2) is 4.69. The number of nitrogens with one attached hydrogen (secondary N) is 1. The Morgan fingerprint density at radius 1 is 1.39 bits per heavy atom. The van der Waals surface area contributed by atoms with E-state index in [-0.39, 0.29) is 0 Å². The molecule has 0 unspecified atom stereocenters. The molecule has 2 heterocycles. The van der Waals surface area contributed by atoms with E-state index in [0.29, 0.717) is 11.3 Å². The van der Waals surface area contributed by atoms with Crippen molar-refractivity contribution < 1.29 is 0 Å². The lowest BCUT2D eigenvalue weighted by Crippen LogP contribution is -2.41. The number of nitrogens with zero attached hydrogens (tertiary/aromatic N) is 2. The Hall–Kier alpha value is -0.830. The number of rotatable bonds is 2. The number of aromatic amines is 1. The average Bonchev–Trinajstić information content (AvgIpc) is 2.98. The molecule has 0 amide bonds. The molecule has 18 heavy (non-hydrogen) atoms. The molecule has 0 bridgehead atoms. The van der Waals surface area contributed by atoms with Crippen molar-refractivity contribution in [2.45, 2.75) is 57.9 Å². The Balaban J connectivity index is 1.64. The van der Waals surface area contributed by atoms with E-state index in [0.717, 1.165) is 6.04 Å². The van der Waals surface area contributed by atoms with E-state index in [9.17, 15) is 0 Å². The summed E-state index contributed by atoms with van der Waals surface area (Å²) in [7, 11) is 0. The lowest BCUT2D eigenvalue weighted by atomic mass is 9.90. The minimum absolute atomic E-state index is 0.558. The molecule has 3 rings (SSSR count). The predicted octanol–water partition coefficient (Wildman–Crippen LogP) is 3.17. The molecule has 3 heteroatoms. The Morgan fingerprint density at radius 2 is 2.28 bits per heavy atom. The molecule has 1 aliphatic heterocycles. The van der Waals surface area contributed by atoms with Crippen LogP contribution in [0, 0.1) is 5.41 Å².